The molecule has 1 heterocycles. The zero-order chi connectivity index (χ0) is 12.3. The van der Waals surface area contributed by atoms with Gasteiger partial charge in [0.1, 0.15) is 12.4 Å². The summed E-state index contributed by atoms with van der Waals surface area (Å²) in [4.78, 5) is 0. The van der Waals surface area contributed by atoms with E-state index in [0.29, 0.717) is 26.1 Å². The molecule has 0 aromatic heterocycles. The molecule has 0 bridgehead atoms. The van der Waals surface area contributed by atoms with Crippen LogP contribution in [0.3, 0.4) is 0 Å². The van der Waals surface area contributed by atoms with E-state index >= 15 is 0 Å². The van der Waals surface area contributed by atoms with E-state index in [-0.39, 0.29) is 5.75 Å². The van der Waals surface area contributed by atoms with Crippen LogP contribution in [-0.2, 0) is 16.6 Å². The maximum atomic E-state index is 12.0. The average molecular weight is 255 g/mol. The molecule has 0 aliphatic carbocycles. The van der Waals surface area contributed by atoms with E-state index in [4.69, 9.17) is 4.74 Å². The number of benzene rings is 1. The third-order valence-corrected chi connectivity index (χ3v) is 4.80. The van der Waals surface area contributed by atoms with Crippen molar-refractivity contribution in [1.82, 2.24) is 4.31 Å². The summed E-state index contributed by atoms with van der Waals surface area (Å²) in [6.45, 7) is 3.13. The Morgan fingerprint density at radius 1 is 1.35 bits per heavy atom. The number of fused-ring (bicyclic) bond motifs is 1. The number of hydrogen-bond acceptors (Lipinski definition) is 3. The SMILES string of the molecule is CCCS(=O)(=O)N1CCOc2ccccc2C1. The van der Waals surface area contributed by atoms with Crippen molar-refractivity contribution in [2.45, 2.75) is 19.9 Å². The summed E-state index contributed by atoms with van der Waals surface area (Å²) in [5.41, 5.74) is 0.935. The molecule has 2 rings (SSSR count). The molecule has 0 N–H and O–H groups in total. The topological polar surface area (TPSA) is 46.6 Å². The highest BCUT2D eigenvalue weighted by Gasteiger charge is 2.24. The van der Waals surface area contributed by atoms with Gasteiger partial charge < -0.3 is 4.74 Å². The fourth-order valence-corrected chi connectivity index (χ4v) is 3.39. The summed E-state index contributed by atoms with van der Waals surface area (Å²) in [7, 11) is -3.15. The molecule has 94 valence electrons. The van der Waals surface area contributed by atoms with Crippen LogP contribution in [0.25, 0.3) is 0 Å². The van der Waals surface area contributed by atoms with E-state index in [9.17, 15) is 8.42 Å². The molecule has 0 fully saturated rings. The van der Waals surface area contributed by atoms with E-state index in [0.717, 1.165) is 11.3 Å². The lowest BCUT2D eigenvalue weighted by Gasteiger charge is -2.18. The monoisotopic (exact) mass is 255 g/mol. The second kappa shape index (κ2) is 5.06. The van der Waals surface area contributed by atoms with Crippen LogP contribution >= 0.6 is 0 Å². The highest BCUT2D eigenvalue weighted by Crippen LogP contribution is 2.23. The molecule has 1 aromatic rings. The molecule has 0 unspecified atom stereocenters. The summed E-state index contributed by atoms with van der Waals surface area (Å²) in [5, 5.41) is 0. The van der Waals surface area contributed by atoms with E-state index in [1.165, 1.54) is 4.31 Å². The predicted octanol–water partition coefficient (Wildman–Crippen LogP) is 1.62. The van der Waals surface area contributed by atoms with Gasteiger partial charge in [-0.25, -0.2) is 8.42 Å². The molecule has 0 spiro atoms. The van der Waals surface area contributed by atoms with Crippen LogP contribution in [0.2, 0.25) is 0 Å². The Balaban J connectivity index is 2.24. The Morgan fingerprint density at radius 3 is 2.88 bits per heavy atom. The first-order valence-electron chi connectivity index (χ1n) is 5.82. The summed E-state index contributed by atoms with van der Waals surface area (Å²) in [6, 6.07) is 7.59. The Kier molecular flexibility index (Phi) is 3.69. The average Bonchev–Trinajstić information content (AvgIpc) is 2.51. The standard InChI is InChI=1S/C12H17NO3S/c1-2-9-17(14,15)13-7-8-16-12-6-4-3-5-11(12)10-13/h3-6H,2,7-10H2,1H3. The highest BCUT2D eigenvalue weighted by molar-refractivity contribution is 7.89. The quantitative estimate of drug-likeness (QED) is 0.824. The van der Waals surface area contributed by atoms with Crippen LogP contribution < -0.4 is 4.74 Å². The summed E-state index contributed by atoms with van der Waals surface area (Å²) in [5.74, 6) is 0.997. The maximum absolute atomic E-state index is 12.0. The van der Waals surface area contributed by atoms with Gasteiger partial charge in [0.2, 0.25) is 10.0 Å². The van der Waals surface area contributed by atoms with E-state index in [1.54, 1.807) is 0 Å². The van der Waals surface area contributed by atoms with Crippen molar-refractivity contribution >= 4 is 10.0 Å². The van der Waals surface area contributed by atoms with Crippen molar-refractivity contribution in [3.63, 3.8) is 0 Å². The van der Waals surface area contributed by atoms with Crippen LogP contribution in [0.4, 0.5) is 0 Å². The second-order valence-corrected chi connectivity index (χ2v) is 6.19. The summed E-state index contributed by atoms with van der Waals surface area (Å²) < 4.78 is 31.1. The molecule has 0 saturated carbocycles. The molecule has 0 saturated heterocycles. The third kappa shape index (κ3) is 2.79. The summed E-state index contributed by atoms with van der Waals surface area (Å²) >= 11 is 0. The Labute approximate surface area is 102 Å². The highest BCUT2D eigenvalue weighted by atomic mass is 32.2. The lowest BCUT2D eigenvalue weighted by molar-refractivity contribution is 0.293. The minimum Gasteiger partial charge on any atom is -0.492 e. The molecule has 1 aromatic carbocycles. The largest absolute Gasteiger partial charge is 0.492 e. The first-order valence-corrected chi connectivity index (χ1v) is 7.43. The molecule has 0 amide bonds. The zero-order valence-corrected chi connectivity index (χ0v) is 10.7. The van der Waals surface area contributed by atoms with Gasteiger partial charge in [-0.1, -0.05) is 25.1 Å². The number of nitrogens with zero attached hydrogens (tertiary/aromatic N) is 1. The molecule has 1 aliphatic rings. The number of para-hydroxylation sites is 1. The first-order chi connectivity index (χ1) is 8.13. The van der Waals surface area contributed by atoms with Gasteiger partial charge in [-0.2, -0.15) is 4.31 Å². The number of hydrogen-bond donors (Lipinski definition) is 0. The van der Waals surface area contributed by atoms with Gasteiger partial charge in [0.25, 0.3) is 0 Å². The minimum absolute atomic E-state index is 0.204. The fourth-order valence-electron chi connectivity index (χ4n) is 1.93. The van der Waals surface area contributed by atoms with Crippen LogP contribution in [0.1, 0.15) is 18.9 Å². The summed E-state index contributed by atoms with van der Waals surface area (Å²) in [6.07, 6.45) is 0.640. The third-order valence-electron chi connectivity index (χ3n) is 2.77. The van der Waals surface area contributed by atoms with Crippen molar-refractivity contribution in [2.75, 3.05) is 18.9 Å². The second-order valence-electron chi connectivity index (χ2n) is 4.11. The molecular weight excluding hydrogens is 238 g/mol. The Hall–Kier alpha value is -1.07. The molecule has 17 heavy (non-hydrogen) atoms. The van der Waals surface area contributed by atoms with Gasteiger partial charge >= 0.3 is 0 Å². The molecule has 1 aliphatic heterocycles. The number of ether oxygens (including phenoxy) is 1. The van der Waals surface area contributed by atoms with E-state index < -0.39 is 10.0 Å². The zero-order valence-electron chi connectivity index (χ0n) is 9.93. The van der Waals surface area contributed by atoms with Crippen LogP contribution in [-0.4, -0.2) is 31.6 Å². The van der Waals surface area contributed by atoms with Crippen molar-refractivity contribution in [3.8, 4) is 5.75 Å². The molecule has 5 heteroatoms. The predicted molar refractivity (Wildman–Crippen MR) is 66.4 cm³/mol. The molecule has 4 nitrogen and oxygen atoms in total. The van der Waals surface area contributed by atoms with Gasteiger partial charge in [0, 0.05) is 18.7 Å². The van der Waals surface area contributed by atoms with Crippen LogP contribution in [0.5, 0.6) is 5.75 Å². The first kappa shape index (κ1) is 12.4. The van der Waals surface area contributed by atoms with Crippen molar-refractivity contribution in [2.24, 2.45) is 0 Å². The van der Waals surface area contributed by atoms with E-state index in [2.05, 4.69) is 0 Å². The van der Waals surface area contributed by atoms with E-state index in [1.807, 2.05) is 31.2 Å². The smallest absolute Gasteiger partial charge is 0.214 e. The molecule has 0 radical (unpaired) electrons. The normalized spacial score (nSPS) is 17.0. The Bertz CT molecular complexity index is 484. The van der Waals surface area contributed by atoms with Crippen molar-refractivity contribution in [3.05, 3.63) is 29.8 Å². The maximum Gasteiger partial charge on any atom is 0.214 e. The van der Waals surface area contributed by atoms with Gasteiger partial charge in [-0.05, 0) is 12.5 Å². The Morgan fingerprint density at radius 2 is 2.12 bits per heavy atom. The van der Waals surface area contributed by atoms with Gasteiger partial charge in [0.05, 0.1) is 5.75 Å². The van der Waals surface area contributed by atoms with Gasteiger partial charge in [-0.15, -0.1) is 0 Å². The van der Waals surface area contributed by atoms with Crippen molar-refractivity contribution in [1.29, 1.82) is 0 Å². The molecule has 0 atom stereocenters. The number of rotatable bonds is 3. The van der Waals surface area contributed by atoms with Crippen molar-refractivity contribution < 1.29 is 13.2 Å². The molecular formula is C12H17NO3S. The lowest BCUT2D eigenvalue weighted by Crippen LogP contribution is -2.34. The fraction of sp³-hybridized carbons (Fsp3) is 0.500. The number of sulfonamides is 1. The van der Waals surface area contributed by atoms with Crippen LogP contribution in [0.15, 0.2) is 24.3 Å². The van der Waals surface area contributed by atoms with Gasteiger partial charge in [0.15, 0.2) is 0 Å². The van der Waals surface area contributed by atoms with Crippen LogP contribution in [0, 0.1) is 0 Å². The minimum atomic E-state index is -3.15. The van der Waals surface area contributed by atoms with Gasteiger partial charge in [-0.3, -0.25) is 0 Å². The lowest BCUT2D eigenvalue weighted by atomic mass is 10.2.